The van der Waals surface area contributed by atoms with Gasteiger partial charge in [-0.15, -0.1) is 0 Å². The Morgan fingerprint density at radius 3 is 2.64 bits per heavy atom. The second-order valence-electron chi connectivity index (χ2n) is 2.33. The standard InChI is InChI=1S/C9H13NO/c1-10-8-11-7-9-5-3-2-4-6-9/h2-6,10H,7-8H2,1H3. The van der Waals surface area contributed by atoms with Crippen molar-refractivity contribution in [3.05, 3.63) is 35.9 Å². The minimum Gasteiger partial charge on any atom is -0.362 e. The van der Waals surface area contributed by atoms with Gasteiger partial charge in [0.2, 0.25) is 0 Å². The Labute approximate surface area is 67.2 Å². The Hall–Kier alpha value is -0.860. The van der Waals surface area contributed by atoms with Crippen molar-refractivity contribution in [2.75, 3.05) is 13.8 Å². The monoisotopic (exact) mass is 151 g/mol. The van der Waals surface area contributed by atoms with Crippen LogP contribution >= 0.6 is 0 Å². The van der Waals surface area contributed by atoms with E-state index in [1.54, 1.807) is 0 Å². The Balaban J connectivity index is 2.28. The third-order valence-electron chi connectivity index (χ3n) is 1.36. The van der Waals surface area contributed by atoms with Crippen LogP contribution in [-0.4, -0.2) is 13.8 Å². The molecule has 0 atom stereocenters. The Morgan fingerprint density at radius 1 is 1.27 bits per heavy atom. The summed E-state index contributed by atoms with van der Waals surface area (Å²) in [5.41, 5.74) is 1.21. The number of hydrogen-bond donors (Lipinski definition) is 1. The van der Waals surface area contributed by atoms with Gasteiger partial charge in [0.05, 0.1) is 13.3 Å². The van der Waals surface area contributed by atoms with Gasteiger partial charge in [0.25, 0.3) is 0 Å². The van der Waals surface area contributed by atoms with Crippen molar-refractivity contribution < 1.29 is 4.74 Å². The summed E-state index contributed by atoms with van der Waals surface area (Å²) in [5, 5.41) is 2.92. The van der Waals surface area contributed by atoms with Crippen molar-refractivity contribution >= 4 is 0 Å². The third-order valence-corrected chi connectivity index (χ3v) is 1.36. The van der Waals surface area contributed by atoms with E-state index < -0.39 is 0 Å². The summed E-state index contributed by atoms with van der Waals surface area (Å²) in [5.74, 6) is 0. The molecular weight excluding hydrogens is 138 g/mol. The summed E-state index contributed by atoms with van der Waals surface area (Å²) in [6, 6.07) is 10.1. The molecule has 0 aliphatic heterocycles. The van der Waals surface area contributed by atoms with Crippen molar-refractivity contribution in [3.8, 4) is 0 Å². The van der Waals surface area contributed by atoms with Crippen LogP contribution in [0.2, 0.25) is 0 Å². The quantitative estimate of drug-likeness (QED) is 0.518. The predicted octanol–water partition coefficient (Wildman–Crippen LogP) is 1.38. The first-order valence-corrected chi connectivity index (χ1v) is 3.70. The van der Waals surface area contributed by atoms with Crippen LogP contribution in [0, 0.1) is 0 Å². The van der Waals surface area contributed by atoms with Crippen molar-refractivity contribution in [2.24, 2.45) is 0 Å². The fourth-order valence-corrected chi connectivity index (χ4v) is 0.845. The van der Waals surface area contributed by atoms with E-state index in [0.29, 0.717) is 13.3 Å². The van der Waals surface area contributed by atoms with E-state index in [1.807, 2.05) is 25.2 Å². The Bertz CT molecular complexity index is 186. The molecule has 1 aromatic carbocycles. The largest absolute Gasteiger partial charge is 0.362 e. The van der Waals surface area contributed by atoms with Gasteiger partial charge in [0.15, 0.2) is 0 Å². The van der Waals surface area contributed by atoms with Crippen LogP contribution in [0.5, 0.6) is 0 Å². The van der Waals surface area contributed by atoms with Crippen LogP contribution in [0.1, 0.15) is 5.56 Å². The molecule has 2 heteroatoms. The number of ether oxygens (including phenoxy) is 1. The summed E-state index contributed by atoms with van der Waals surface area (Å²) >= 11 is 0. The first-order chi connectivity index (χ1) is 5.43. The summed E-state index contributed by atoms with van der Waals surface area (Å²) in [7, 11) is 1.87. The van der Waals surface area contributed by atoms with Crippen LogP contribution in [0.4, 0.5) is 0 Å². The maximum atomic E-state index is 5.26. The van der Waals surface area contributed by atoms with E-state index in [1.165, 1.54) is 5.56 Å². The maximum absolute atomic E-state index is 5.26. The highest BCUT2D eigenvalue weighted by Crippen LogP contribution is 1.98. The molecule has 0 aromatic heterocycles. The zero-order chi connectivity index (χ0) is 7.94. The van der Waals surface area contributed by atoms with Crippen LogP contribution in [0.3, 0.4) is 0 Å². The minimum absolute atomic E-state index is 0.606. The highest BCUT2D eigenvalue weighted by atomic mass is 16.5. The first-order valence-electron chi connectivity index (χ1n) is 3.70. The minimum atomic E-state index is 0.606. The van der Waals surface area contributed by atoms with E-state index in [-0.39, 0.29) is 0 Å². The van der Waals surface area contributed by atoms with Crippen LogP contribution in [0.15, 0.2) is 30.3 Å². The molecule has 0 aliphatic carbocycles. The molecule has 0 heterocycles. The van der Waals surface area contributed by atoms with Crippen molar-refractivity contribution in [2.45, 2.75) is 6.61 Å². The van der Waals surface area contributed by atoms with Gasteiger partial charge < -0.3 is 4.74 Å². The van der Waals surface area contributed by atoms with Crippen LogP contribution < -0.4 is 5.32 Å². The average Bonchev–Trinajstić information content (AvgIpc) is 2.07. The highest BCUT2D eigenvalue weighted by Gasteiger charge is 1.88. The molecule has 1 aromatic rings. The van der Waals surface area contributed by atoms with E-state index in [4.69, 9.17) is 4.74 Å². The van der Waals surface area contributed by atoms with Gasteiger partial charge in [-0.25, -0.2) is 0 Å². The highest BCUT2D eigenvalue weighted by molar-refractivity contribution is 5.13. The van der Waals surface area contributed by atoms with Crippen molar-refractivity contribution in [1.29, 1.82) is 0 Å². The lowest BCUT2D eigenvalue weighted by Gasteiger charge is -2.01. The van der Waals surface area contributed by atoms with E-state index >= 15 is 0 Å². The molecule has 0 unspecified atom stereocenters. The summed E-state index contributed by atoms with van der Waals surface area (Å²) in [6.45, 7) is 1.29. The zero-order valence-corrected chi connectivity index (χ0v) is 6.71. The Kier molecular flexibility index (Phi) is 3.65. The van der Waals surface area contributed by atoms with E-state index in [9.17, 15) is 0 Å². The number of rotatable bonds is 4. The van der Waals surface area contributed by atoms with Gasteiger partial charge in [-0.05, 0) is 12.6 Å². The molecule has 0 amide bonds. The van der Waals surface area contributed by atoms with Gasteiger partial charge in [-0.3, -0.25) is 5.32 Å². The van der Waals surface area contributed by atoms with Crippen LogP contribution in [-0.2, 0) is 11.3 Å². The fourth-order valence-electron chi connectivity index (χ4n) is 0.845. The molecule has 0 saturated heterocycles. The molecule has 0 radical (unpaired) electrons. The lowest BCUT2D eigenvalue weighted by atomic mass is 10.2. The number of hydrogen-bond acceptors (Lipinski definition) is 2. The van der Waals surface area contributed by atoms with Gasteiger partial charge in [0, 0.05) is 0 Å². The van der Waals surface area contributed by atoms with Gasteiger partial charge in [0.1, 0.15) is 0 Å². The number of nitrogens with one attached hydrogen (secondary N) is 1. The second-order valence-corrected chi connectivity index (χ2v) is 2.33. The van der Waals surface area contributed by atoms with E-state index in [2.05, 4.69) is 17.4 Å². The normalized spacial score (nSPS) is 9.91. The summed E-state index contributed by atoms with van der Waals surface area (Å²) < 4.78 is 5.26. The maximum Gasteiger partial charge on any atom is 0.0967 e. The molecule has 0 aliphatic rings. The lowest BCUT2D eigenvalue weighted by Crippen LogP contribution is -2.11. The molecule has 11 heavy (non-hydrogen) atoms. The number of benzene rings is 1. The molecular formula is C9H13NO. The fraction of sp³-hybridized carbons (Fsp3) is 0.333. The van der Waals surface area contributed by atoms with Crippen molar-refractivity contribution in [3.63, 3.8) is 0 Å². The van der Waals surface area contributed by atoms with Gasteiger partial charge in [-0.2, -0.15) is 0 Å². The molecule has 2 nitrogen and oxygen atoms in total. The summed E-state index contributed by atoms with van der Waals surface area (Å²) in [6.07, 6.45) is 0. The first kappa shape index (κ1) is 8.24. The predicted molar refractivity (Wildman–Crippen MR) is 45.2 cm³/mol. The van der Waals surface area contributed by atoms with Gasteiger partial charge >= 0.3 is 0 Å². The van der Waals surface area contributed by atoms with Gasteiger partial charge in [-0.1, -0.05) is 30.3 Å². The molecule has 60 valence electrons. The Morgan fingerprint density at radius 2 is 2.00 bits per heavy atom. The molecule has 0 fully saturated rings. The van der Waals surface area contributed by atoms with E-state index in [0.717, 1.165) is 0 Å². The third kappa shape index (κ3) is 3.16. The molecule has 0 saturated carbocycles. The van der Waals surface area contributed by atoms with Crippen molar-refractivity contribution in [1.82, 2.24) is 5.32 Å². The zero-order valence-electron chi connectivity index (χ0n) is 6.71. The SMILES string of the molecule is CNCOCc1ccccc1. The molecule has 0 bridgehead atoms. The average molecular weight is 151 g/mol. The molecule has 1 rings (SSSR count). The lowest BCUT2D eigenvalue weighted by molar-refractivity contribution is 0.109. The topological polar surface area (TPSA) is 21.3 Å². The van der Waals surface area contributed by atoms with Crippen LogP contribution in [0.25, 0.3) is 0 Å². The second kappa shape index (κ2) is 4.88. The summed E-state index contributed by atoms with van der Waals surface area (Å²) in [4.78, 5) is 0. The molecule has 0 spiro atoms. The molecule has 1 N–H and O–H groups in total. The smallest absolute Gasteiger partial charge is 0.0967 e.